The number of benzene rings is 2. The van der Waals surface area contributed by atoms with Crippen molar-refractivity contribution in [2.75, 3.05) is 5.32 Å². The van der Waals surface area contributed by atoms with E-state index in [4.69, 9.17) is 4.52 Å². The van der Waals surface area contributed by atoms with Gasteiger partial charge in [-0.25, -0.2) is 0 Å². The smallest absolute Gasteiger partial charge is 0.230 e. The molecule has 0 aliphatic heterocycles. The van der Waals surface area contributed by atoms with Gasteiger partial charge in [0.1, 0.15) is 0 Å². The van der Waals surface area contributed by atoms with Gasteiger partial charge in [0.2, 0.25) is 5.91 Å². The zero-order valence-electron chi connectivity index (χ0n) is 15.2. The van der Waals surface area contributed by atoms with Crippen LogP contribution in [0.4, 0.5) is 5.69 Å². The first-order chi connectivity index (χ1) is 13.1. The van der Waals surface area contributed by atoms with Crippen LogP contribution in [0, 0.1) is 13.8 Å². The first-order valence-electron chi connectivity index (χ1n) is 8.77. The Balaban J connectivity index is 1.51. The van der Waals surface area contributed by atoms with Gasteiger partial charge in [0.15, 0.2) is 5.76 Å². The standard InChI is InChI=1S/C22H19N3O2/c1-14-7-9-16(10-8-14)21-12-17(25-27-21)13-22(26)24-20-11-15(2)23-19-6-4-3-5-18(19)20/h3-12H,13H2,1-2H3,(H,23,24,26). The zero-order valence-corrected chi connectivity index (χ0v) is 15.2. The average molecular weight is 357 g/mol. The van der Waals surface area contributed by atoms with E-state index in [1.54, 1.807) is 6.07 Å². The first kappa shape index (κ1) is 17.0. The molecule has 0 saturated heterocycles. The number of hydrogen-bond acceptors (Lipinski definition) is 4. The van der Waals surface area contributed by atoms with Crippen LogP contribution < -0.4 is 5.32 Å². The van der Waals surface area contributed by atoms with Crippen LogP contribution >= 0.6 is 0 Å². The normalized spacial score (nSPS) is 10.9. The van der Waals surface area contributed by atoms with Gasteiger partial charge in [-0.1, -0.05) is 53.2 Å². The van der Waals surface area contributed by atoms with Crippen molar-refractivity contribution in [2.24, 2.45) is 0 Å². The maximum Gasteiger partial charge on any atom is 0.230 e. The van der Waals surface area contributed by atoms with Crippen molar-refractivity contribution in [1.29, 1.82) is 0 Å². The lowest BCUT2D eigenvalue weighted by Gasteiger charge is -2.09. The van der Waals surface area contributed by atoms with E-state index < -0.39 is 0 Å². The van der Waals surface area contributed by atoms with Crippen molar-refractivity contribution in [2.45, 2.75) is 20.3 Å². The summed E-state index contributed by atoms with van der Waals surface area (Å²) in [7, 11) is 0. The van der Waals surface area contributed by atoms with Gasteiger partial charge >= 0.3 is 0 Å². The summed E-state index contributed by atoms with van der Waals surface area (Å²) in [5.74, 6) is 0.512. The van der Waals surface area contributed by atoms with Gasteiger partial charge in [-0.2, -0.15) is 0 Å². The highest BCUT2D eigenvalue weighted by Gasteiger charge is 2.12. The molecule has 2 aromatic heterocycles. The van der Waals surface area contributed by atoms with E-state index in [1.807, 2.05) is 68.4 Å². The van der Waals surface area contributed by atoms with Crippen LogP contribution in [0.5, 0.6) is 0 Å². The quantitative estimate of drug-likeness (QED) is 0.575. The summed E-state index contributed by atoms with van der Waals surface area (Å²) in [6.45, 7) is 3.94. The number of nitrogens with zero attached hydrogens (tertiary/aromatic N) is 2. The minimum Gasteiger partial charge on any atom is -0.356 e. The molecule has 2 aromatic carbocycles. The van der Waals surface area contributed by atoms with Crippen LogP contribution in [0.2, 0.25) is 0 Å². The monoisotopic (exact) mass is 357 g/mol. The highest BCUT2D eigenvalue weighted by Crippen LogP contribution is 2.24. The zero-order chi connectivity index (χ0) is 18.8. The topological polar surface area (TPSA) is 68.0 Å². The summed E-state index contributed by atoms with van der Waals surface area (Å²) < 4.78 is 5.39. The molecule has 0 saturated carbocycles. The van der Waals surface area contributed by atoms with E-state index in [0.29, 0.717) is 11.5 Å². The number of carbonyl (C=O) groups is 1. The number of para-hydroxylation sites is 1. The minimum absolute atomic E-state index is 0.144. The fourth-order valence-electron chi connectivity index (χ4n) is 3.02. The largest absolute Gasteiger partial charge is 0.356 e. The summed E-state index contributed by atoms with van der Waals surface area (Å²) in [5.41, 5.74) is 5.18. The Hall–Kier alpha value is -3.47. The predicted molar refractivity (Wildman–Crippen MR) is 105 cm³/mol. The van der Waals surface area contributed by atoms with Crippen LogP contribution in [0.25, 0.3) is 22.2 Å². The fourth-order valence-corrected chi connectivity index (χ4v) is 3.02. The Morgan fingerprint density at radius 3 is 2.63 bits per heavy atom. The number of amides is 1. The molecule has 2 heterocycles. The second-order valence-electron chi connectivity index (χ2n) is 6.60. The van der Waals surface area contributed by atoms with Gasteiger partial charge in [0.05, 0.1) is 23.3 Å². The van der Waals surface area contributed by atoms with Gasteiger partial charge in [0, 0.05) is 22.7 Å². The Kier molecular flexibility index (Phi) is 4.42. The molecule has 0 atom stereocenters. The molecule has 5 heteroatoms. The highest BCUT2D eigenvalue weighted by atomic mass is 16.5. The second-order valence-corrected chi connectivity index (χ2v) is 6.60. The van der Waals surface area contributed by atoms with E-state index in [1.165, 1.54) is 5.56 Å². The molecule has 0 spiro atoms. The lowest BCUT2D eigenvalue weighted by Crippen LogP contribution is -2.15. The third-order valence-electron chi connectivity index (χ3n) is 4.36. The maximum absolute atomic E-state index is 12.5. The Bertz CT molecular complexity index is 1110. The Morgan fingerprint density at radius 2 is 1.81 bits per heavy atom. The van der Waals surface area contributed by atoms with Crippen molar-refractivity contribution < 1.29 is 9.32 Å². The SMILES string of the molecule is Cc1ccc(-c2cc(CC(=O)Nc3cc(C)nc4ccccc34)no2)cc1. The molecule has 0 unspecified atom stereocenters. The number of rotatable bonds is 4. The summed E-state index contributed by atoms with van der Waals surface area (Å²) in [6, 6.07) is 19.4. The Morgan fingerprint density at radius 1 is 1.04 bits per heavy atom. The lowest BCUT2D eigenvalue weighted by atomic mass is 10.1. The third-order valence-corrected chi connectivity index (χ3v) is 4.36. The molecule has 0 radical (unpaired) electrons. The van der Waals surface area contributed by atoms with Gasteiger partial charge < -0.3 is 9.84 Å². The van der Waals surface area contributed by atoms with E-state index in [0.717, 1.165) is 27.8 Å². The number of aryl methyl sites for hydroxylation is 2. The minimum atomic E-state index is -0.144. The van der Waals surface area contributed by atoms with Crippen molar-refractivity contribution in [3.05, 3.63) is 77.6 Å². The van der Waals surface area contributed by atoms with E-state index in [-0.39, 0.29) is 12.3 Å². The molecular formula is C22H19N3O2. The molecule has 4 rings (SSSR count). The van der Waals surface area contributed by atoms with Gasteiger partial charge in [-0.15, -0.1) is 0 Å². The number of pyridine rings is 1. The predicted octanol–water partition coefficient (Wildman–Crippen LogP) is 4.69. The molecular weight excluding hydrogens is 338 g/mol. The van der Waals surface area contributed by atoms with Gasteiger partial charge in [-0.05, 0) is 26.0 Å². The number of fused-ring (bicyclic) bond motifs is 1. The molecule has 0 aliphatic rings. The maximum atomic E-state index is 12.5. The summed E-state index contributed by atoms with van der Waals surface area (Å²) in [4.78, 5) is 17.0. The lowest BCUT2D eigenvalue weighted by molar-refractivity contribution is -0.115. The van der Waals surface area contributed by atoms with Crippen molar-refractivity contribution in [1.82, 2.24) is 10.1 Å². The van der Waals surface area contributed by atoms with Crippen LogP contribution in [0.1, 0.15) is 17.0 Å². The summed E-state index contributed by atoms with van der Waals surface area (Å²) in [6.07, 6.45) is 0.144. The number of nitrogens with one attached hydrogen (secondary N) is 1. The van der Waals surface area contributed by atoms with Crippen molar-refractivity contribution in [3.8, 4) is 11.3 Å². The van der Waals surface area contributed by atoms with E-state index in [2.05, 4.69) is 15.5 Å². The first-order valence-corrected chi connectivity index (χ1v) is 8.77. The highest BCUT2D eigenvalue weighted by molar-refractivity contribution is 6.01. The van der Waals surface area contributed by atoms with Crippen LogP contribution in [-0.2, 0) is 11.2 Å². The number of carbonyl (C=O) groups excluding carboxylic acids is 1. The molecule has 0 aliphatic carbocycles. The number of hydrogen-bond donors (Lipinski definition) is 1. The summed E-state index contributed by atoms with van der Waals surface area (Å²) in [5, 5.41) is 7.91. The van der Waals surface area contributed by atoms with Crippen LogP contribution in [-0.4, -0.2) is 16.0 Å². The second kappa shape index (κ2) is 7.03. The van der Waals surface area contributed by atoms with Crippen LogP contribution in [0.3, 0.4) is 0 Å². The summed E-state index contributed by atoms with van der Waals surface area (Å²) >= 11 is 0. The molecule has 1 amide bonds. The molecule has 4 aromatic rings. The van der Waals surface area contributed by atoms with Crippen molar-refractivity contribution >= 4 is 22.5 Å². The molecule has 5 nitrogen and oxygen atoms in total. The molecule has 134 valence electrons. The van der Waals surface area contributed by atoms with E-state index >= 15 is 0 Å². The van der Waals surface area contributed by atoms with Crippen LogP contribution in [0.15, 0.2) is 65.2 Å². The fraction of sp³-hybridized carbons (Fsp3) is 0.136. The molecule has 1 N–H and O–H groups in total. The molecule has 0 fully saturated rings. The molecule has 0 bridgehead atoms. The van der Waals surface area contributed by atoms with Gasteiger partial charge in [-0.3, -0.25) is 9.78 Å². The third kappa shape index (κ3) is 3.72. The van der Waals surface area contributed by atoms with Crippen molar-refractivity contribution in [3.63, 3.8) is 0 Å². The average Bonchev–Trinajstić information content (AvgIpc) is 3.10. The van der Waals surface area contributed by atoms with Gasteiger partial charge in [0.25, 0.3) is 0 Å². The van der Waals surface area contributed by atoms with E-state index in [9.17, 15) is 4.79 Å². The molecule has 27 heavy (non-hydrogen) atoms. The number of anilines is 1. The number of aromatic nitrogens is 2. The Labute approximate surface area is 157 Å².